The molecule has 0 bridgehead atoms. The van der Waals surface area contributed by atoms with Crippen molar-refractivity contribution in [3.8, 4) is 11.1 Å². The van der Waals surface area contributed by atoms with E-state index in [0.717, 1.165) is 22.0 Å². The van der Waals surface area contributed by atoms with Crippen molar-refractivity contribution >= 4 is 16.7 Å². The van der Waals surface area contributed by atoms with Gasteiger partial charge in [0.05, 0.1) is 5.52 Å². The van der Waals surface area contributed by atoms with Gasteiger partial charge in [0.2, 0.25) is 0 Å². The van der Waals surface area contributed by atoms with E-state index in [4.69, 9.17) is 0 Å². The van der Waals surface area contributed by atoms with Crippen LogP contribution in [0.4, 0.5) is 0 Å². The zero-order valence-corrected chi connectivity index (χ0v) is 12.3. The molecule has 0 amide bonds. The summed E-state index contributed by atoms with van der Waals surface area (Å²) in [4.78, 5) is 25.4. The Hall–Kier alpha value is -2.88. The molecule has 4 nitrogen and oxygen atoms in total. The van der Waals surface area contributed by atoms with Crippen LogP contribution in [-0.4, -0.2) is 17.5 Å². The van der Waals surface area contributed by atoms with E-state index in [1.807, 2.05) is 49.4 Å². The summed E-state index contributed by atoms with van der Waals surface area (Å²) in [5.74, 6) is 0.00871. The van der Waals surface area contributed by atoms with Crippen LogP contribution in [0.5, 0.6) is 0 Å². The molecule has 0 aliphatic heterocycles. The molecule has 3 aromatic rings. The van der Waals surface area contributed by atoms with E-state index in [1.165, 1.54) is 4.68 Å². The summed E-state index contributed by atoms with van der Waals surface area (Å²) in [6, 6.07) is 13.0. The van der Waals surface area contributed by atoms with Gasteiger partial charge in [-0.25, -0.2) is 4.68 Å². The lowest BCUT2D eigenvalue weighted by molar-refractivity contribution is 0.104. The van der Waals surface area contributed by atoms with Crippen molar-refractivity contribution in [3.05, 3.63) is 69.5 Å². The molecule has 4 heteroatoms. The number of carbonyl (C=O) groups excluding carboxylic acids is 1. The number of nitrogens with one attached hydrogen (secondary N) is 1. The van der Waals surface area contributed by atoms with Crippen molar-refractivity contribution in [2.45, 2.75) is 6.92 Å². The van der Waals surface area contributed by atoms with E-state index >= 15 is 0 Å². The Kier molecular flexibility index (Phi) is 2.51. The zero-order valence-electron chi connectivity index (χ0n) is 12.3. The molecule has 0 radical (unpaired) electrons. The lowest BCUT2D eigenvalue weighted by Crippen LogP contribution is -2.30. The highest BCUT2D eigenvalue weighted by Gasteiger charge is 2.28. The smallest absolute Gasteiger partial charge is 0.272 e. The van der Waals surface area contributed by atoms with Gasteiger partial charge in [-0.15, -0.1) is 0 Å². The summed E-state index contributed by atoms with van der Waals surface area (Å²) in [5.41, 5.74) is 7.22. The summed E-state index contributed by atoms with van der Waals surface area (Å²) in [7, 11) is 1.70. The molecular weight excluding hydrogens is 276 g/mol. The fraction of sp³-hybridized carbons (Fsp3) is 0.111. The van der Waals surface area contributed by atoms with E-state index in [1.54, 1.807) is 7.05 Å². The maximum Gasteiger partial charge on any atom is 0.272 e. The number of rotatable bonds is 1. The molecule has 22 heavy (non-hydrogen) atoms. The van der Waals surface area contributed by atoms with Crippen LogP contribution in [0, 0.1) is 6.92 Å². The number of aromatic nitrogens is 1. The molecule has 1 heterocycles. The number of carbonyl (C=O) groups is 1. The van der Waals surface area contributed by atoms with Gasteiger partial charge < -0.3 is 5.43 Å². The van der Waals surface area contributed by atoms with Crippen LogP contribution in [0.1, 0.15) is 21.5 Å². The molecule has 0 atom stereocenters. The molecule has 1 aromatic heterocycles. The molecule has 0 fully saturated rings. The third-order valence-corrected chi connectivity index (χ3v) is 4.34. The molecule has 1 aliphatic carbocycles. The summed E-state index contributed by atoms with van der Waals surface area (Å²) < 4.78 is 1.50. The van der Waals surface area contributed by atoms with Gasteiger partial charge in [-0.2, -0.15) is 0 Å². The Morgan fingerprint density at radius 2 is 1.59 bits per heavy atom. The van der Waals surface area contributed by atoms with Gasteiger partial charge in [-0.05, 0) is 18.6 Å². The molecule has 2 aromatic carbocycles. The first-order chi connectivity index (χ1) is 10.6. The molecule has 1 N–H and O–H groups in total. The highest BCUT2D eigenvalue weighted by Crippen LogP contribution is 2.39. The monoisotopic (exact) mass is 290 g/mol. The van der Waals surface area contributed by atoms with Crippen molar-refractivity contribution in [3.63, 3.8) is 0 Å². The van der Waals surface area contributed by atoms with Crippen LogP contribution in [-0.2, 0) is 0 Å². The lowest BCUT2D eigenvalue weighted by atomic mass is 9.82. The largest absolute Gasteiger partial charge is 0.326 e. The summed E-state index contributed by atoms with van der Waals surface area (Å²) >= 11 is 0. The second kappa shape index (κ2) is 4.31. The topological polar surface area (TPSA) is 51.1 Å². The molecule has 4 rings (SSSR count). The van der Waals surface area contributed by atoms with Crippen LogP contribution in [0.25, 0.3) is 22.0 Å². The molecule has 0 spiro atoms. The van der Waals surface area contributed by atoms with Crippen molar-refractivity contribution in [2.24, 2.45) is 0 Å². The maximum atomic E-state index is 12.8. The third-order valence-electron chi connectivity index (χ3n) is 4.34. The first kappa shape index (κ1) is 12.8. The number of ketones is 1. The summed E-state index contributed by atoms with van der Waals surface area (Å²) in [6.07, 6.45) is 0. The normalized spacial score (nSPS) is 12.4. The number of fused-ring (bicyclic) bond motifs is 2. The van der Waals surface area contributed by atoms with Gasteiger partial charge >= 0.3 is 0 Å². The second-order valence-electron chi connectivity index (χ2n) is 5.44. The number of pyridine rings is 1. The average molecular weight is 290 g/mol. The Morgan fingerprint density at radius 3 is 2.32 bits per heavy atom. The quantitative estimate of drug-likeness (QED) is 0.586. The Labute approximate surface area is 127 Å². The Bertz CT molecular complexity index is 1020. The van der Waals surface area contributed by atoms with E-state index in [-0.39, 0.29) is 11.3 Å². The number of nitrogens with zero attached hydrogens (tertiary/aromatic N) is 1. The van der Waals surface area contributed by atoms with Gasteiger partial charge in [0.25, 0.3) is 5.56 Å². The molecule has 1 aliphatic rings. The van der Waals surface area contributed by atoms with Crippen molar-refractivity contribution in [2.75, 3.05) is 12.5 Å². The van der Waals surface area contributed by atoms with Crippen molar-refractivity contribution in [1.29, 1.82) is 0 Å². The molecule has 0 unspecified atom stereocenters. The SMILES string of the molecule is CNn1c(=O)c(C)c2c3c(cccc31)C(=O)c1ccccc1-2. The van der Waals surface area contributed by atoms with Crippen molar-refractivity contribution in [1.82, 2.24) is 4.68 Å². The minimum atomic E-state index is -0.0914. The van der Waals surface area contributed by atoms with E-state index in [0.29, 0.717) is 16.7 Å². The molecular formula is C18H14N2O2. The molecule has 0 saturated heterocycles. The fourth-order valence-corrected chi connectivity index (χ4v) is 3.35. The second-order valence-corrected chi connectivity index (χ2v) is 5.44. The van der Waals surface area contributed by atoms with Crippen LogP contribution < -0.4 is 11.0 Å². The Balaban J connectivity index is 2.34. The molecule has 0 saturated carbocycles. The lowest BCUT2D eigenvalue weighted by Gasteiger charge is -2.23. The predicted molar refractivity (Wildman–Crippen MR) is 87.1 cm³/mol. The average Bonchev–Trinajstić information content (AvgIpc) is 2.55. The summed E-state index contributed by atoms with van der Waals surface area (Å²) in [5, 5.41) is 0.845. The zero-order chi connectivity index (χ0) is 15.4. The van der Waals surface area contributed by atoms with Gasteiger partial charge in [0.15, 0.2) is 5.78 Å². The van der Waals surface area contributed by atoms with Gasteiger partial charge in [0.1, 0.15) is 0 Å². The first-order valence-corrected chi connectivity index (χ1v) is 7.15. The minimum absolute atomic E-state index is 0.00871. The highest BCUT2D eigenvalue weighted by atomic mass is 16.1. The van der Waals surface area contributed by atoms with Crippen LogP contribution in [0.3, 0.4) is 0 Å². The van der Waals surface area contributed by atoms with Crippen molar-refractivity contribution < 1.29 is 4.79 Å². The van der Waals surface area contributed by atoms with Crippen LogP contribution in [0.2, 0.25) is 0 Å². The van der Waals surface area contributed by atoms with E-state index in [2.05, 4.69) is 5.43 Å². The van der Waals surface area contributed by atoms with Gasteiger partial charge in [-0.1, -0.05) is 36.4 Å². The fourth-order valence-electron chi connectivity index (χ4n) is 3.35. The van der Waals surface area contributed by atoms with E-state index in [9.17, 15) is 9.59 Å². The number of hydrogen-bond acceptors (Lipinski definition) is 3. The third kappa shape index (κ3) is 1.41. The van der Waals surface area contributed by atoms with Gasteiger partial charge in [-0.3, -0.25) is 9.59 Å². The predicted octanol–water partition coefficient (Wildman–Crippen LogP) is 2.69. The Morgan fingerprint density at radius 1 is 0.909 bits per heavy atom. The highest BCUT2D eigenvalue weighted by molar-refractivity contribution is 6.25. The van der Waals surface area contributed by atoms with Gasteiger partial charge in [0, 0.05) is 34.7 Å². The van der Waals surface area contributed by atoms with Crippen LogP contribution >= 0.6 is 0 Å². The number of benzene rings is 2. The standard InChI is InChI=1S/C18H14N2O2/c1-10-15-11-6-3-4-7-12(11)17(21)13-8-5-9-14(16(13)15)20(19-2)18(10)22/h3-9,19H,1-2H3. The maximum absolute atomic E-state index is 12.8. The van der Waals surface area contributed by atoms with E-state index < -0.39 is 0 Å². The van der Waals surface area contributed by atoms with Crippen LogP contribution in [0.15, 0.2) is 47.3 Å². The number of hydrogen-bond donors (Lipinski definition) is 1. The minimum Gasteiger partial charge on any atom is -0.326 e. The molecule has 108 valence electrons. The summed E-state index contributed by atoms with van der Waals surface area (Å²) in [6.45, 7) is 1.81. The first-order valence-electron chi connectivity index (χ1n) is 7.15.